The number of carbonyl (C=O) groups excluding carboxylic acids is 1. The molecular weight excluding hydrogens is 449 g/mol. The number of nitrogen functional groups attached to an aromatic ring is 1. The molecule has 0 bridgehead atoms. The Balaban J connectivity index is 1.63. The third-order valence-corrected chi connectivity index (χ3v) is 6.00. The summed E-state index contributed by atoms with van der Waals surface area (Å²) in [5, 5.41) is 18.2. The number of fused-ring (bicyclic) bond motifs is 2. The Hall–Kier alpha value is -4.31. The fourth-order valence-electron chi connectivity index (χ4n) is 4.48. The second kappa shape index (κ2) is 9.15. The topological polar surface area (TPSA) is 122 Å². The summed E-state index contributed by atoms with van der Waals surface area (Å²) in [6, 6.07) is 11.2. The summed E-state index contributed by atoms with van der Waals surface area (Å²) >= 11 is 0. The first-order valence-electron chi connectivity index (χ1n) is 11.2. The van der Waals surface area contributed by atoms with Crippen molar-refractivity contribution in [1.82, 2.24) is 25.1 Å². The molecule has 35 heavy (non-hydrogen) atoms. The zero-order valence-corrected chi connectivity index (χ0v) is 19.0. The summed E-state index contributed by atoms with van der Waals surface area (Å²) < 4.78 is 15.8. The highest BCUT2D eigenvalue weighted by atomic mass is 19.1. The first kappa shape index (κ1) is 22.5. The van der Waals surface area contributed by atoms with Gasteiger partial charge in [0.05, 0.1) is 11.4 Å². The van der Waals surface area contributed by atoms with Gasteiger partial charge in [0.15, 0.2) is 5.65 Å². The molecule has 1 atom stereocenters. The highest BCUT2D eigenvalue weighted by Gasteiger charge is 2.31. The number of hydrogen-bond donors (Lipinski definition) is 3. The van der Waals surface area contributed by atoms with Crippen molar-refractivity contribution >= 4 is 28.4 Å². The molecule has 0 aliphatic carbocycles. The van der Waals surface area contributed by atoms with Gasteiger partial charge in [-0.15, -0.1) is 0 Å². The van der Waals surface area contributed by atoms with Crippen LogP contribution in [0.1, 0.15) is 11.6 Å². The van der Waals surface area contributed by atoms with Gasteiger partial charge in [0.2, 0.25) is 0 Å². The van der Waals surface area contributed by atoms with Crippen molar-refractivity contribution in [3.63, 3.8) is 0 Å². The van der Waals surface area contributed by atoms with Gasteiger partial charge in [-0.25, -0.2) is 19.0 Å². The lowest BCUT2D eigenvalue weighted by Gasteiger charge is -2.34. The van der Waals surface area contributed by atoms with E-state index in [1.165, 1.54) is 18.5 Å². The maximum atomic E-state index is 14.1. The van der Waals surface area contributed by atoms with Crippen LogP contribution in [0.3, 0.4) is 0 Å². The van der Waals surface area contributed by atoms with Crippen molar-refractivity contribution < 1.29 is 14.3 Å². The molecule has 5 rings (SSSR count). The van der Waals surface area contributed by atoms with Crippen LogP contribution in [-0.2, 0) is 11.2 Å². The van der Waals surface area contributed by atoms with Gasteiger partial charge in [-0.05, 0) is 37.2 Å². The number of rotatable bonds is 5. The maximum Gasteiger partial charge on any atom is 0.250 e. The molecule has 0 radical (unpaired) electrons. The van der Waals surface area contributed by atoms with Crippen LogP contribution >= 0.6 is 0 Å². The molecule has 1 unspecified atom stereocenters. The summed E-state index contributed by atoms with van der Waals surface area (Å²) in [5.74, 6) is -0.776. The number of nitrogens with two attached hydrogens (primary N) is 1. The molecule has 0 saturated carbocycles. The number of para-hydroxylation sites is 1. The quantitative estimate of drug-likeness (QED) is 0.381. The largest absolute Gasteiger partial charge is 0.508 e. The SMILES string of the molecule is CNC/C=C/C(=O)N1CC(n2nc(-c3cc(O)cc(F)c3)c3c(N)ncnc32)Cc2ccccc21. The molecular formula is C25H24FN7O2. The Bertz CT molecular complexity index is 1430. The van der Waals surface area contributed by atoms with Gasteiger partial charge in [-0.2, -0.15) is 5.10 Å². The number of carbonyl (C=O) groups is 1. The first-order valence-corrected chi connectivity index (χ1v) is 11.2. The third-order valence-electron chi connectivity index (χ3n) is 6.00. The highest BCUT2D eigenvalue weighted by Crippen LogP contribution is 2.37. The van der Waals surface area contributed by atoms with E-state index in [9.17, 15) is 14.3 Å². The second-order valence-corrected chi connectivity index (χ2v) is 8.34. The smallest absolute Gasteiger partial charge is 0.250 e. The minimum absolute atomic E-state index is 0.140. The Labute approximate surface area is 200 Å². The standard InChI is InChI=1S/C25H24FN7O2/c1-28-8-4-7-21(35)32-13-18(10-15-5-2-3-6-20(15)32)33-25-22(24(27)29-14-30-25)23(31-33)16-9-17(26)12-19(34)11-16/h2-7,9,11-12,14,18,28,34H,8,10,13H2,1H3,(H2,27,29,30)/b7-4+. The number of nitrogens with one attached hydrogen (secondary N) is 1. The van der Waals surface area contributed by atoms with E-state index in [-0.39, 0.29) is 23.5 Å². The van der Waals surface area contributed by atoms with E-state index in [1.54, 1.807) is 21.7 Å². The maximum absolute atomic E-state index is 14.1. The molecule has 0 spiro atoms. The molecule has 9 nitrogen and oxygen atoms in total. The van der Waals surface area contributed by atoms with Gasteiger partial charge >= 0.3 is 0 Å². The summed E-state index contributed by atoms with van der Waals surface area (Å²) in [5.41, 5.74) is 9.22. The fourth-order valence-corrected chi connectivity index (χ4v) is 4.48. The molecule has 0 saturated heterocycles. The number of likely N-dealkylation sites (N-methyl/N-ethyl adjacent to an activating group) is 1. The average Bonchev–Trinajstić information content (AvgIpc) is 3.24. The van der Waals surface area contributed by atoms with Crippen LogP contribution in [-0.4, -0.2) is 50.9 Å². The number of hydrogen-bond acceptors (Lipinski definition) is 7. The molecule has 2 aromatic heterocycles. The van der Waals surface area contributed by atoms with Crippen LogP contribution in [0, 0.1) is 5.82 Å². The van der Waals surface area contributed by atoms with Gasteiger partial charge in [0.25, 0.3) is 5.91 Å². The highest BCUT2D eigenvalue weighted by molar-refractivity contribution is 6.02. The Morgan fingerprint density at radius 1 is 1.29 bits per heavy atom. The zero-order valence-electron chi connectivity index (χ0n) is 19.0. The molecule has 1 aliphatic rings. The zero-order chi connectivity index (χ0) is 24.5. The number of anilines is 2. The van der Waals surface area contributed by atoms with E-state index in [0.717, 1.165) is 17.3 Å². The van der Waals surface area contributed by atoms with Gasteiger partial charge in [0, 0.05) is 36.5 Å². The minimum atomic E-state index is -0.602. The van der Waals surface area contributed by atoms with Gasteiger partial charge in [-0.1, -0.05) is 24.3 Å². The number of nitrogens with zero attached hydrogens (tertiary/aromatic N) is 5. The van der Waals surface area contributed by atoms with Crippen LogP contribution in [0.4, 0.5) is 15.9 Å². The molecule has 4 N–H and O–H groups in total. The molecule has 0 fully saturated rings. The van der Waals surface area contributed by atoms with Crippen molar-refractivity contribution in [2.45, 2.75) is 12.5 Å². The van der Waals surface area contributed by atoms with Crippen molar-refractivity contribution in [3.05, 3.63) is 72.3 Å². The number of halogens is 1. The number of benzene rings is 2. The van der Waals surface area contributed by atoms with Crippen molar-refractivity contribution in [2.24, 2.45) is 0 Å². The molecule has 1 amide bonds. The van der Waals surface area contributed by atoms with E-state index >= 15 is 0 Å². The lowest BCUT2D eigenvalue weighted by molar-refractivity contribution is -0.114. The number of phenols is 1. The first-order chi connectivity index (χ1) is 17.0. The minimum Gasteiger partial charge on any atom is -0.508 e. The van der Waals surface area contributed by atoms with E-state index in [4.69, 9.17) is 10.8 Å². The lowest BCUT2D eigenvalue weighted by Crippen LogP contribution is -2.40. The van der Waals surface area contributed by atoms with Crippen LogP contribution in [0.2, 0.25) is 0 Å². The van der Waals surface area contributed by atoms with Crippen LogP contribution in [0.15, 0.2) is 60.9 Å². The number of aromatic nitrogens is 4. The number of aromatic hydroxyl groups is 1. The van der Waals surface area contributed by atoms with Crippen LogP contribution < -0.4 is 16.0 Å². The summed E-state index contributed by atoms with van der Waals surface area (Å²) in [6.07, 6.45) is 5.29. The molecule has 4 aromatic rings. The van der Waals surface area contributed by atoms with Gasteiger partial charge < -0.3 is 21.1 Å². The predicted molar refractivity (Wildman–Crippen MR) is 131 cm³/mol. The van der Waals surface area contributed by atoms with Crippen LogP contribution in [0.25, 0.3) is 22.3 Å². The number of amides is 1. The van der Waals surface area contributed by atoms with E-state index in [1.807, 2.05) is 31.3 Å². The molecule has 2 aromatic carbocycles. The van der Waals surface area contributed by atoms with E-state index in [0.29, 0.717) is 41.8 Å². The van der Waals surface area contributed by atoms with Crippen LogP contribution in [0.5, 0.6) is 5.75 Å². The van der Waals surface area contributed by atoms with Gasteiger partial charge in [-0.3, -0.25) is 4.79 Å². The summed E-state index contributed by atoms with van der Waals surface area (Å²) in [6.45, 7) is 0.933. The monoisotopic (exact) mass is 473 g/mol. The van der Waals surface area contributed by atoms with Gasteiger partial charge in [0.1, 0.15) is 29.4 Å². The second-order valence-electron chi connectivity index (χ2n) is 8.34. The van der Waals surface area contributed by atoms with E-state index < -0.39 is 5.82 Å². The third kappa shape index (κ3) is 4.19. The molecule has 10 heteroatoms. The summed E-state index contributed by atoms with van der Waals surface area (Å²) in [4.78, 5) is 23.3. The lowest BCUT2D eigenvalue weighted by atomic mass is 9.97. The van der Waals surface area contributed by atoms with Crippen molar-refractivity contribution in [3.8, 4) is 17.0 Å². The molecule has 3 heterocycles. The average molecular weight is 474 g/mol. The molecule has 1 aliphatic heterocycles. The summed E-state index contributed by atoms with van der Waals surface area (Å²) in [7, 11) is 1.81. The Kier molecular flexibility index (Phi) is 5.87. The Morgan fingerprint density at radius 3 is 2.91 bits per heavy atom. The number of phenolic OH excluding ortho intramolecular Hbond substituents is 1. The normalized spacial score (nSPS) is 15.6. The fraction of sp³-hybridized carbons (Fsp3) is 0.200. The predicted octanol–water partition coefficient (Wildman–Crippen LogP) is 2.83. The van der Waals surface area contributed by atoms with E-state index in [2.05, 4.69) is 15.3 Å². The van der Waals surface area contributed by atoms with Crippen molar-refractivity contribution in [2.75, 3.05) is 30.8 Å². The Morgan fingerprint density at radius 2 is 2.11 bits per heavy atom. The van der Waals surface area contributed by atoms with Crippen molar-refractivity contribution in [1.29, 1.82) is 0 Å². The molecule has 178 valence electrons.